The summed E-state index contributed by atoms with van der Waals surface area (Å²) in [5.74, 6) is -0.684. The molecule has 0 atom stereocenters. The van der Waals surface area contributed by atoms with E-state index in [2.05, 4.69) is 10.1 Å². The maximum Gasteiger partial charge on any atom is 0.306 e. The molecule has 0 fully saturated rings. The molecule has 0 aliphatic carbocycles. The fourth-order valence-corrected chi connectivity index (χ4v) is 0.797. The van der Waals surface area contributed by atoms with Gasteiger partial charge in [0.15, 0.2) is 0 Å². The van der Waals surface area contributed by atoms with Gasteiger partial charge < -0.3 is 15.2 Å². The Hall–Kier alpha value is -1.10. The molecule has 0 aromatic heterocycles. The highest BCUT2D eigenvalue weighted by Crippen LogP contribution is 2.01. The van der Waals surface area contributed by atoms with Crippen LogP contribution in [-0.4, -0.2) is 36.2 Å². The number of rotatable bonds is 5. The summed E-state index contributed by atoms with van der Waals surface area (Å²) in [6.07, 6.45) is 0.139. The molecule has 2 N–H and O–H groups in total. The number of carbonyl (C=O) groups excluding carboxylic acids is 2. The average Bonchev–Trinajstić information content (AvgIpc) is 2.13. The van der Waals surface area contributed by atoms with Crippen LogP contribution in [0.5, 0.6) is 0 Å². The Labute approximate surface area is 83.4 Å². The quantitative estimate of drug-likeness (QED) is 0.608. The lowest BCUT2D eigenvalue weighted by atomic mass is 10.1. The zero-order chi connectivity index (χ0) is 11.2. The highest BCUT2D eigenvalue weighted by molar-refractivity contribution is 5.81. The van der Waals surface area contributed by atoms with Crippen molar-refractivity contribution in [2.75, 3.05) is 13.7 Å². The Morgan fingerprint density at radius 3 is 2.36 bits per heavy atom. The summed E-state index contributed by atoms with van der Waals surface area (Å²) >= 11 is 0. The van der Waals surface area contributed by atoms with Crippen molar-refractivity contribution < 1.29 is 19.4 Å². The summed E-state index contributed by atoms with van der Waals surface area (Å²) in [6.45, 7) is 3.25. The van der Waals surface area contributed by atoms with Gasteiger partial charge in [0.1, 0.15) is 0 Å². The van der Waals surface area contributed by atoms with E-state index in [1.165, 1.54) is 7.11 Å². The number of ether oxygens (including phenoxy) is 1. The fraction of sp³-hybridized carbons (Fsp3) is 0.778. The minimum atomic E-state index is -0.646. The third kappa shape index (κ3) is 5.53. The van der Waals surface area contributed by atoms with Gasteiger partial charge in [-0.25, -0.2) is 0 Å². The van der Waals surface area contributed by atoms with E-state index >= 15 is 0 Å². The van der Waals surface area contributed by atoms with E-state index in [-0.39, 0.29) is 25.4 Å². The van der Waals surface area contributed by atoms with Gasteiger partial charge in [0.25, 0.3) is 0 Å². The Bertz CT molecular complexity index is 213. The van der Waals surface area contributed by atoms with Crippen LogP contribution >= 0.6 is 0 Å². The molecule has 0 aromatic rings. The van der Waals surface area contributed by atoms with Gasteiger partial charge in [-0.15, -0.1) is 0 Å². The van der Waals surface area contributed by atoms with Gasteiger partial charge in [-0.05, 0) is 13.8 Å². The molecule has 0 heterocycles. The van der Waals surface area contributed by atoms with Crippen LogP contribution in [0, 0.1) is 0 Å². The standard InChI is InChI=1S/C9H17NO4/c1-9(2,6-11)10-7(12)4-5-8(13)14-3/h11H,4-6H2,1-3H3,(H,10,12). The fourth-order valence-electron chi connectivity index (χ4n) is 0.797. The Morgan fingerprint density at radius 2 is 1.93 bits per heavy atom. The van der Waals surface area contributed by atoms with Crippen molar-refractivity contribution in [3.05, 3.63) is 0 Å². The zero-order valence-corrected chi connectivity index (χ0v) is 8.79. The molecule has 0 unspecified atom stereocenters. The molecule has 0 aromatic carbocycles. The van der Waals surface area contributed by atoms with E-state index in [0.717, 1.165) is 0 Å². The number of hydrogen-bond donors (Lipinski definition) is 2. The number of carbonyl (C=O) groups is 2. The summed E-state index contributed by atoms with van der Waals surface area (Å²) < 4.78 is 4.39. The minimum Gasteiger partial charge on any atom is -0.469 e. The molecule has 82 valence electrons. The van der Waals surface area contributed by atoms with E-state index in [1.54, 1.807) is 13.8 Å². The molecule has 0 saturated heterocycles. The third-order valence-electron chi connectivity index (χ3n) is 1.66. The first-order chi connectivity index (χ1) is 6.41. The van der Waals surface area contributed by atoms with Crippen molar-refractivity contribution in [1.82, 2.24) is 5.32 Å². The van der Waals surface area contributed by atoms with Crippen molar-refractivity contribution in [2.24, 2.45) is 0 Å². The molecule has 0 bridgehead atoms. The number of methoxy groups -OCH3 is 1. The van der Waals surface area contributed by atoms with Crippen LogP contribution in [0.15, 0.2) is 0 Å². The maximum absolute atomic E-state index is 11.2. The maximum atomic E-state index is 11.2. The van der Waals surface area contributed by atoms with Crippen LogP contribution < -0.4 is 5.32 Å². The van der Waals surface area contributed by atoms with E-state index in [9.17, 15) is 9.59 Å². The van der Waals surface area contributed by atoms with E-state index in [4.69, 9.17) is 5.11 Å². The third-order valence-corrected chi connectivity index (χ3v) is 1.66. The van der Waals surface area contributed by atoms with E-state index < -0.39 is 11.5 Å². The molecule has 0 saturated carbocycles. The summed E-state index contributed by atoms with van der Waals surface area (Å²) in [4.78, 5) is 21.9. The van der Waals surface area contributed by atoms with Gasteiger partial charge in [0.05, 0.1) is 25.7 Å². The van der Waals surface area contributed by atoms with Gasteiger partial charge in [-0.1, -0.05) is 0 Å². The van der Waals surface area contributed by atoms with Gasteiger partial charge in [-0.2, -0.15) is 0 Å². The molecule has 14 heavy (non-hydrogen) atoms. The van der Waals surface area contributed by atoms with Gasteiger partial charge in [0, 0.05) is 6.42 Å². The second-order valence-electron chi connectivity index (χ2n) is 3.67. The molecule has 5 nitrogen and oxygen atoms in total. The number of amides is 1. The molecule has 0 aliphatic heterocycles. The van der Waals surface area contributed by atoms with Crippen LogP contribution in [0.3, 0.4) is 0 Å². The van der Waals surface area contributed by atoms with Crippen LogP contribution in [0.2, 0.25) is 0 Å². The van der Waals surface area contributed by atoms with E-state index in [1.807, 2.05) is 0 Å². The average molecular weight is 203 g/mol. The monoisotopic (exact) mass is 203 g/mol. The lowest BCUT2D eigenvalue weighted by Gasteiger charge is -2.23. The second-order valence-corrected chi connectivity index (χ2v) is 3.67. The lowest BCUT2D eigenvalue weighted by Crippen LogP contribution is -2.46. The molecule has 0 radical (unpaired) electrons. The Morgan fingerprint density at radius 1 is 1.36 bits per heavy atom. The molecule has 0 aliphatic rings. The molecular formula is C9H17NO4. The molecule has 1 amide bonds. The highest BCUT2D eigenvalue weighted by Gasteiger charge is 2.19. The second kappa shape index (κ2) is 5.59. The predicted octanol–water partition coefficient (Wildman–Crippen LogP) is -0.173. The summed E-state index contributed by atoms with van der Waals surface area (Å²) in [7, 11) is 1.28. The first-order valence-corrected chi connectivity index (χ1v) is 4.40. The number of aliphatic hydroxyl groups excluding tert-OH is 1. The first kappa shape index (κ1) is 12.9. The van der Waals surface area contributed by atoms with Gasteiger partial charge >= 0.3 is 5.97 Å². The SMILES string of the molecule is COC(=O)CCC(=O)NC(C)(C)CO. The van der Waals surface area contributed by atoms with Crippen LogP contribution in [0.1, 0.15) is 26.7 Å². The summed E-state index contributed by atoms with van der Waals surface area (Å²) in [6, 6.07) is 0. The number of esters is 1. The molecule has 0 spiro atoms. The van der Waals surface area contributed by atoms with Crippen molar-refractivity contribution in [3.8, 4) is 0 Å². The summed E-state index contributed by atoms with van der Waals surface area (Å²) in [5, 5.41) is 11.4. The predicted molar refractivity (Wildman–Crippen MR) is 50.6 cm³/mol. The Balaban J connectivity index is 3.82. The molecular weight excluding hydrogens is 186 g/mol. The van der Waals surface area contributed by atoms with E-state index in [0.29, 0.717) is 0 Å². The van der Waals surface area contributed by atoms with Crippen molar-refractivity contribution >= 4 is 11.9 Å². The van der Waals surface area contributed by atoms with Gasteiger partial charge in [0.2, 0.25) is 5.91 Å². The van der Waals surface area contributed by atoms with Crippen LogP contribution in [-0.2, 0) is 14.3 Å². The molecule has 5 heteroatoms. The largest absolute Gasteiger partial charge is 0.469 e. The zero-order valence-electron chi connectivity index (χ0n) is 8.79. The van der Waals surface area contributed by atoms with Crippen molar-refractivity contribution in [1.29, 1.82) is 0 Å². The number of nitrogens with one attached hydrogen (secondary N) is 1. The number of aliphatic hydroxyl groups is 1. The topological polar surface area (TPSA) is 75.6 Å². The van der Waals surface area contributed by atoms with Crippen molar-refractivity contribution in [2.45, 2.75) is 32.2 Å². The van der Waals surface area contributed by atoms with Crippen molar-refractivity contribution in [3.63, 3.8) is 0 Å². The van der Waals surface area contributed by atoms with Crippen LogP contribution in [0.25, 0.3) is 0 Å². The Kier molecular flexibility index (Phi) is 5.15. The summed E-state index contributed by atoms with van der Waals surface area (Å²) in [5.41, 5.74) is -0.646. The van der Waals surface area contributed by atoms with Crippen LogP contribution in [0.4, 0.5) is 0 Å². The number of hydrogen-bond acceptors (Lipinski definition) is 4. The highest BCUT2D eigenvalue weighted by atomic mass is 16.5. The molecule has 0 rings (SSSR count). The minimum absolute atomic E-state index is 0.0594. The smallest absolute Gasteiger partial charge is 0.306 e. The first-order valence-electron chi connectivity index (χ1n) is 4.40. The normalized spacial score (nSPS) is 10.9. The lowest BCUT2D eigenvalue weighted by molar-refractivity contribution is -0.142. The van der Waals surface area contributed by atoms with Gasteiger partial charge in [-0.3, -0.25) is 9.59 Å².